The lowest BCUT2D eigenvalue weighted by Gasteiger charge is -2.50. The molecule has 1 N–H and O–H groups in total. The molecule has 2 atom stereocenters. The van der Waals surface area contributed by atoms with Crippen LogP contribution in [0.3, 0.4) is 0 Å². The van der Waals surface area contributed by atoms with Crippen molar-refractivity contribution in [2.75, 3.05) is 13.1 Å². The summed E-state index contributed by atoms with van der Waals surface area (Å²) in [5.74, 6) is -0.518. The van der Waals surface area contributed by atoms with Crippen LogP contribution in [-0.4, -0.2) is 35.0 Å². The van der Waals surface area contributed by atoms with Crippen molar-refractivity contribution in [1.29, 1.82) is 0 Å². The Labute approximate surface area is 131 Å². The molecule has 1 saturated carbocycles. The molecule has 2 bridgehead atoms. The first-order valence-electron chi connectivity index (χ1n) is 7.87. The molecule has 1 aliphatic heterocycles. The first-order chi connectivity index (χ1) is 10.2. The van der Waals surface area contributed by atoms with Gasteiger partial charge in [-0.05, 0) is 47.8 Å². The maximum absolute atomic E-state index is 12.8. The van der Waals surface area contributed by atoms with Gasteiger partial charge in [-0.3, -0.25) is 4.79 Å². The fourth-order valence-electron chi connectivity index (χ4n) is 4.15. The van der Waals surface area contributed by atoms with Crippen LogP contribution in [0.25, 0.3) is 0 Å². The van der Waals surface area contributed by atoms with Crippen molar-refractivity contribution < 1.29 is 14.7 Å². The highest BCUT2D eigenvalue weighted by atomic mass is 16.4. The third-order valence-electron chi connectivity index (χ3n) is 6.25. The molecular weight excluding hydrogens is 278 g/mol. The molecule has 2 aliphatic rings. The van der Waals surface area contributed by atoms with Crippen molar-refractivity contribution in [3.63, 3.8) is 0 Å². The SMILES string of the molecule is CC12CCC(CN(C(=O)c3cccc(C(=O)O)c3)C1)C2(C)C. The maximum atomic E-state index is 12.8. The van der Waals surface area contributed by atoms with Gasteiger partial charge >= 0.3 is 5.97 Å². The van der Waals surface area contributed by atoms with Crippen molar-refractivity contribution >= 4 is 11.9 Å². The first-order valence-corrected chi connectivity index (χ1v) is 7.87. The van der Waals surface area contributed by atoms with E-state index in [2.05, 4.69) is 20.8 Å². The summed E-state index contributed by atoms with van der Waals surface area (Å²) in [5, 5.41) is 9.08. The zero-order valence-electron chi connectivity index (χ0n) is 13.4. The zero-order chi connectivity index (χ0) is 16.1. The molecule has 0 radical (unpaired) electrons. The van der Waals surface area contributed by atoms with Crippen molar-refractivity contribution in [1.82, 2.24) is 4.90 Å². The number of piperidine rings is 1. The fraction of sp³-hybridized carbons (Fsp3) is 0.556. The summed E-state index contributed by atoms with van der Waals surface area (Å²) < 4.78 is 0. The summed E-state index contributed by atoms with van der Waals surface area (Å²) in [5.41, 5.74) is 1.04. The van der Waals surface area contributed by atoms with Crippen LogP contribution in [-0.2, 0) is 0 Å². The Hall–Kier alpha value is -1.84. The van der Waals surface area contributed by atoms with E-state index in [1.807, 2.05) is 4.90 Å². The van der Waals surface area contributed by atoms with Gasteiger partial charge in [-0.25, -0.2) is 4.79 Å². The van der Waals surface area contributed by atoms with Crippen molar-refractivity contribution in [2.45, 2.75) is 33.6 Å². The number of carbonyl (C=O) groups excluding carboxylic acids is 1. The van der Waals surface area contributed by atoms with Crippen LogP contribution in [0.4, 0.5) is 0 Å². The number of amides is 1. The molecule has 1 amide bonds. The highest BCUT2D eigenvalue weighted by Gasteiger charge is 2.56. The first kappa shape index (κ1) is 15.1. The van der Waals surface area contributed by atoms with E-state index in [1.54, 1.807) is 12.1 Å². The monoisotopic (exact) mass is 301 g/mol. The Balaban J connectivity index is 1.86. The van der Waals surface area contributed by atoms with Crippen LogP contribution in [0.1, 0.15) is 54.3 Å². The average Bonchev–Trinajstić information content (AvgIpc) is 2.64. The van der Waals surface area contributed by atoms with Gasteiger partial charge in [0.25, 0.3) is 5.91 Å². The average molecular weight is 301 g/mol. The Morgan fingerprint density at radius 1 is 1.23 bits per heavy atom. The molecule has 1 aromatic carbocycles. The van der Waals surface area contributed by atoms with Gasteiger partial charge in [0.2, 0.25) is 0 Å². The standard InChI is InChI=1S/C18H23NO3/c1-17(2)14-7-8-18(17,3)11-19(10-14)15(20)12-5-4-6-13(9-12)16(21)22/h4-6,9,14H,7-8,10-11H2,1-3H3,(H,21,22). The van der Waals surface area contributed by atoms with Crippen LogP contribution in [0.5, 0.6) is 0 Å². The van der Waals surface area contributed by atoms with Crippen molar-refractivity contribution in [3.05, 3.63) is 35.4 Å². The smallest absolute Gasteiger partial charge is 0.335 e. The number of carboxylic acids is 1. The minimum atomic E-state index is -0.999. The van der Waals surface area contributed by atoms with Crippen LogP contribution in [0.2, 0.25) is 0 Å². The molecule has 1 aromatic rings. The summed E-state index contributed by atoms with van der Waals surface area (Å²) in [6, 6.07) is 6.34. The van der Waals surface area contributed by atoms with Gasteiger partial charge in [-0.1, -0.05) is 26.8 Å². The van der Waals surface area contributed by atoms with Crippen molar-refractivity contribution in [2.24, 2.45) is 16.7 Å². The van der Waals surface area contributed by atoms with E-state index < -0.39 is 5.97 Å². The predicted octanol–water partition coefficient (Wildman–Crippen LogP) is 3.28. The van der Waals surface area contributed by atoms with E-state index in [0.29, 0.717) is 11.5 Å². The lowest BCUT2D eigenvalue weighted by atomic mass is 9.63. The number of carboxylic acid groups (broad SMARTS) is 1. The molecule has 118 valence electrons. The highest BCUT2D eigenvalue weighted by molar-refractivity contribution is 5.97. The van der Waals surface area contributed by atoms with E-state index >= 15 is 0 Å². The normalized spacial score (nSPS) is 29.4. The van der Waals surface area contributed by atoms with E-state index in [9.17, 15) is 9.59 Å². The summed E-state index contributed by atoms with van der Waals surface area (Å²) in [7, 11) is 0. The molecule has 3 rings (SSSR count). The number of hydrogen-bond acceptors (Lipinski definition) is 2. The number of nitrogens with zero attached hydrogens (tertiary/aromatic N) is 1. The third kappa shape index (κ3) is 2.13. The molecule has 4 heteroatoms. The fourth-order valence-corrected chi connectivity index (χ4v) is 4.15. The summed E-state index contributed by atoms with van der Waals surface area (Å²) in [6.07, 6.45) is 2.33. The Bertz CT molecular complexity index is 637. The quantitative estimate of drug-likeness (QED) is 0.912. The Morgan fingerprint density at radius 3 is 2.55 bits per heavy atom. The predicted molar refractivity (Wildman–Crippen MR) is 83.9 cm³/mol. The van der Waals surface area contributed by atoms with E-state index in [-0.39, 0.29) is 22.3 Å². The molecule has 1 saturated heterocycles. The van der Waals surface area contributed by atoms with Gasteiger partial charge < -0.3 is 10.0 Å². The lowest BCUT2D eigenvalue weighted by Crippen LogP contribution is -2.53. The minimum Gasteiger partial charge on any atom is -0.478 e. The second-order valence-electron chi connectivity index (χ2n) is 7.59. The molecule has 4 nitrogen and oxygen atoms in total. The summed E-state index contributed by atoms with van der Waals surface area (Å²) in [4.78, 5) is 25.8. The topological polar surface area (TPSA) is 57.6 Å². The minimum absolute atomic E-state index is 0.0447. The number of carbonyl (C=O) groups is 2. The van der Waals surface area contributed by atoms with Crippen LogP contribution in [0, 0.1) is 16.7 Å². The number of aromatic carboxylic acids is 1. The van der Waals surface area contributed by atoms with E-state index in [4.69, 9.17) is 5.11 Å². The van der Waals surface area contributed by atoms with Gasteiger partial charge in [0.15, 0.2) is 0 Å². The lowest BCUT2D eigenvalue weighted by molar-refractivity contribution is -0.0107. The molecule has 1 aliphatic carbocycles. The van der Waals surface area contributed by atoms with Crippen LogP contribution in [0.15, 0.2) is 24.3 Å². The largest absolute Gasteiger partial charge is 0.478 e. The second-order valence-corrected chi connectivity index (χ2v) is 7.59. The second kappa shape index (κ2) is 4.83. The highest BCUT2D eigenvalue weighted by Crippen LogP contribution is 2.59. The van der Waals surface area contributed by atoms with Crippen LogP contribution < -0.4 is 0 Å². The van der Waals surface area contributed by atoms with E-state index in [0.717, 1.165) is 19.5 Å². The third-order valence-corrected chi connectivity index (χ3v) is 6.25. The molecule has 2 unspecified atom stereocenters. The number of likely N-dealkylation sites (tertiary alicyclic amines) is 1. The van der Waals surface area contributed by atoms with Gasteiger partial charge in [-0.2, -0.15) is 0 Å². The zero-order valence-corrected chi connectivity index (χ0v) is 13.4. The Morgan fingerprint density at radius 2 is 1.91 bits per heavy atom. The summed E-state index contributed by atoms with van der Waals surface area (Å²) in [6.45, 7) is 8.44. The van der Waals surface area contributed by atoms with E-state index in [1.165, 1.54) is 18.6 Å². The summed E-state index contributed by atoms with van der Waals surface area (Å²) >= 11 is 0. The number of rotatable bonds is 2. The van der Waals surface area contributed by atoms with Gasteiger partial charge in [0.1, 0.15) is 0 Å². The molecule has 0 spiro atoms. The Kier molecular flexibility index (Phi) is 3.31. The number of fused-ring (bicyclic) bond motifs is 2. The maximum Gasteiger partial charge on any atom is 0.335 e. The molecular formula is C18H23NO3. The molecule has 22 heavy (non-hydrogen) atoms. The molecule has 1 heterocycles. The number of benzene rings is 1. The van der Waals surface area contributed by atoms with Gasteiger partial charge in [0, 0.05) is 18.7 Å². The van der Waals surface area contributed by atoms with Crippen molar-refractivity contribution in [3.8, 4) is 0 Å². The molecule has 0 aromatic heterocycles. The van der Waals surface area contributed by atoms with Crippen LogP contribution >= 0.6 is 0 Å². The van der Waals surface area contributed by atoms with Gasteiger partial charge in [0.05, 0.1) is 5.56 Å². The molecule has 2 fully saturated rings. The number of hydrogen-bond donors (Lipinski definition) is 1. The van der Waals surface area contributed by atoms with Gasteiger partial charge in [-0.15, -0.1) is 0 Å².